The van der Waals surface area contributed by atoms with E-state index in [0.717, 1.165) is 50.5 Å². The molecule has 2 heterocycles. The molecule has 2 N–H and O–H groups in total. The van der Waals surface area contributed by atoms with Gasteiger partial charge in [-0.3, -0.25) is 0 Å². The Morgan fingerprint density at radius 2 is 1.81 bits per heavy atom. The van der Waals surface area contributed by atoms with Gasteiger partial charge in [0.1, 0.15) is 0 Å². The van der Waals surface area contributed by atoms with Gasteiger partial charge >= 0.3 is 0 Å². The first-order valence-electron chi connectivity index (χ1n) is 9.64. The van der Waals surface area contributed by atoms with E-state index in [-0.39, 0.29) is 4.90 Å². The van der Waals surface area contributed by atoms with Crippen LogP contribution < -0.4 is 5.73 Å². The van der Waals surface area contributed by atoms with E-state index in [4.69, 9.17) is 10.3 Å². The molecule has 4 rings (SSSR count). The van der Waals surface area contributed by atoms with Crippen LogP contribution in [0, 0.1) is 6.92 Å². The summed E-state index contributed by atoms with van der Waals surface area (Å²) in [6.07, 6.45) is 6.69. The zero-order valence-corrected chi connectivity index (χ0v) is 16.5. The van der Waals surface area contributed by atoms with Gasteiger partial charge in [0.2, 0.25) is 10.0 Å². The second kappa shape index (κ2) is 7.00. The molecule has 2 aromatic rings. The molecular formula is C19H26N4O3S. The summed E-state index contributed by atoms with van der Waals surface area (Å²) < 4.78 is 33.0. The van der Waals surface area contributed by atoms with Gasteiger partial charge in [0.25, 0.3) is 5.89 Å². The summed E-state index contributed by atoms with van der Waals surface area (Å²) in [5, 5.41) is 4.10. The molecule has 1 saturated heterocycles. The predicted molar refractivity (Wildman–Crippen MR) is 101 cm³/mol. The number of hydrogen-bond donors (Lipinski definition) is 1. The third-order valence-electron chi connectivity index (χ3n) is 5.76. The number of aromatic nitrogens is 2. The molecule has 0 spiro atoms. The third-order valence-corrected chi connectivity index (χ3v) is 7.65. The van der Waals surface area contributed by atoms with Crippen LogP contribution in [0.5, 0.6) is 0 Å². The largest absolute Gasteiger partial charge is 0.334 e. The van der Waals surface area contributed by atoms with Crippen LogP contribution in [0.3, 0.4) is 0 Å². The Morgan fingerprint density at radius 1 is 1.11 bits per heavy atom. The zero-order valence-electron chi connectivity index (χ0n) is 15.6. The van der Waals surface area contributed by atoms with Gasteiger partial charge in [-0.15, -0.1) is 0 Å². The monoisotopic (exact) mass is 390 g/mol. The molecule has 1 aliphatic heterocycles. The Morgan fingerprint density at radius 3 is 2.52 bits per heavy atom. The summed E-state index contributed by atoms with van der Waals surface area (Å²) >= 11 is 0. The van der Waals surface area contributed by atoms with E-state index in [1.54, 1.807) is 22.5 Å². The molecule has 0 atom stereocenters. The van der Waals surface area contributed by atoms with E-state index < -0.39 is 15.6 Å². The highest BCUT2D eigenvalue weighted by molar-refractivity contribution is 7.89. The van der Waals surface area contributed by atoms with Gasteiger partial charge in [-0.05, 0) is 50.3 Å². The van der Waals surface area contributed by atoms with Crippen LogP contribution >= 0.6 is 0 Å². The molecule has 0 unspecified atom stereocenters. The molecule has 1 aromatic heterocycles. The molecule has 2 aliphatic rings. The van der Waals surface area contributed by atoms with E-state index in [1.807, 2.05) is 6.92 Å². The van der Waals surface area contributed by atoms with Crippen LogP contribution in [-0.2, 0) is 15.6 Å². The number of nitrogens with zero attached hydrogens (tertiary/aromatic N) is 3. The minimum Gasteiger partial charge on any atom is -0.334 e. The smallest absolute Gasteiger partial charge is 0.258 e. The molecule has 1 saturated carbocycles. The fourth-order valence-corrected chi connectivity index (χ4v) is 5.55. The van der Waals surface area contributed by atoms with Gasteiger partial charge in [-0.2, -0.15) is 9.29 Å². The van der Waals surface area contributed by atoms with Crippen LogP contribution in [0.4, 0.5) is 0 Å². The molecule has 1 aromatic carbocycles. The van der Waals surface area contributed by atoms with Crippen molar-refractivity contribution in [1.29, 1.82) is 0 Å². The lowest BCUT2D eigenvalue weighted by Gasteiger charge is -2.26. The van der Waals surface area contributed by atoms with Crippen LogP contribution in [0.2, 0.25) is 0 Å². The summed E-state index contributed by atoms with van der Waals surface area (Å²) in [6, 6.07) is 5.10. The molecule has 0 radical (unpaired) electrons. The number of benzene rings is 1. The fourth-order valence-electron chi connectivity index (χ4n) is 4.01. The van der Waals surface area contributed by atoms with Gasteiger partial charge in [0, 0.05) is 18.7 Å². The summed E-state index contributed by atoms with van der Waals surface area (Å²) in [4.78, 5) is 4.79. The highest BCUT2D eigenvalue weighted by Crippen LogP contribution is 2.36. The van der Waals surface area contributed by atoms with E-state index in [2.05, 4.69) is 10.1 Å². The maximum absolute atomic E-state index is 13.0. The molecule has 0 amide bonds. The number of rotatable bonds is 4. The van der Waals surface area contributed by atoms with Crippen molar-refractivity contribution in [2.24, 2.45) is 5.73 Å². The lowest BCUT2D eigenvalue weighted by molar-refractivity contribution is 0.346. The van der Waals surface area contributed by atoms with Crippen molar-refractivity contribution in [3.8, 4) is 11.5 Å². The molecule has 0 bridgehead atoms. The van der Waals surface area contributed by atoms with Crippen molar-refractivity contribution in [1.82, 2.24) is 14.4 Å². The van der Waals surface area contributed by atoms with Crippen LogP contribution in [0.15, 0.2) is 27.6 Å². The minimum absolute atomic E-state index is 0.271. The molecular weight excluding hydrogens is 364 g/mol. The van der Waals surface area contributed by atoms with Crippen molar-refractivity contribution in [2.75, 3.05) is 13.1 Å². The Balaban J connectivity index is 1.68. The Labute approximate surface area is 160 Å². The normalized spacial score (nSPS) is 20.8. The van der Waals surface area contributed by atoms with Crippen molar-refractivity contribution in [2.45, 2.75) is 62.3 Å². The molecule has 146 valence electrons. The standard InChI is InChI=1S/C19H26N4O3S/c1-14-7-8-15(27(24,25)23-11-5-2-6-12-23)13-16(14)17-21-18(22-26-17)19(20)9-3-4-10-19/h7-8,13H,2-6,9-12,20H2,1H3. The lowest BCUT2D eigenvalue weighted by atomic mass is 9.98. The first-order chi connectivity index (χ1) is 12.9. The summed E-state index contributed by atoms with van der Waals surface area (Å²) in [7, 11) is -3.51. The number of nitrogens with two attached hydrogens (primary N) is 1. The number of sulfonamides is 1. The van der Waals surface area contributed by atoms with Gasteiger partial charge in [-0.25, -0.2) is 8.42 Å². The van der Waals surface area contributed by atoms with Crippen molar-refractivity contribution in [3.63, 3.8) is 0 Å². The van der Waals surface area contributed by atoms with Gasteiger partial charge in [0.05, 0.1) is 10.4 Å². The Kier molecular flexibility index (Phi) is 4.82. The van der Waals surface area contributed by atoms with Crippen LogP contribution in [-0.4, -0.2) is 36.0 Å². The highest BCUT2D eigenvalue weighted by atomic mass is 32.2. The van der Waals surface area contributed by atoms with E-state index in [9.17, 15) is 8.42 Å². The summed E-state index contributed by atoms with van der Waals surface area (Å²) in [6.45, 7) is 3.06. The average molecular weight is 391 g/mol. The van der Waals surface area contributed by atoms with Crippen molar-refractivity contribution in [3.05, 3.63) is 29.6 Å². The van der Waals surface area contributed by atoms with Crippen LogP contribution in [0.25, 0.3) is 11.5 Å². The molecule has 1 aliphatic carbocycles. The Hall–Kier alpha value is -1.77. The van der Waals surface area contributed by atoms with Crippen molar-refractivity contribution >= 4 is 10.0 Å². The third kappa shape index (κ3) is 3.41. The van der Waals surface area contributed by atoms with E-state index >= 15 is 0 Å². The first kappa shape index (κ1) is 18.6. The first-order valence-corrected chi connectivity index (χ1v) is 11.1. The quantitative estimate of drug-likeness (QED) is 0.861. The van der Waals surface area contributed by atoms with Crippen LogP contribution in [0.1, 0.15) is 56.3 Å². The second-order valence-electron chi connectivity index (χ2n) is 7.73. The maximum Gasteiger partial charge on any atom is 0.258 e. The average Bonchev–Trinajstić information content (AvgIpc) is 3.33. The van der Waals surface area contributed by atoms with Gasteiger partial charge in [-0.1, -0.05) is 30.5 Å². The number of piperidine rings is 1. The van der Waals surface area contributed by atoms with Gasteiger partial charge in [0.15, 0.2) is 5.82 Å². The summed E-state index contributed by atoms with van der Waals surface area (Å²) in [5.41, 5.74) is 7.42. The zero-order chi connectivity index (χ0) is 19.1. The van der Waals surface area contributed by atoms with E-state index in [1.165, 1.54) is 0 Å². The van der Waals surface area contributed by atoms with Gasteiger partial charge < -0.3 is 10.3 Å². The fraction of sp³-hybridized carbons (Fsp3) is 0.579. The highest BCUT2D eigenvalue weighted by Gasteiger charge is 2.36. The SMILES string of the molecule is Cc1ccc(S(=O)(=O)N2CCCCC2)cc1-c1nc(C2(N)CCCC2)no1. The Bertz CT molecular complexity index is 926. The molecule has 27 heavy (non-hydrogen) atoms. The topological polar surface area (TPSA) is 102 Å². The number of aryl methyl sites for hydroxylation is 1. The molecule has 8 heteroatoms. The second-order valence-corrected chi connectivity index (χ2v) is 9.67. The molecule has 7 nitrogen and oxygen atoms in total. The summed E-state index contributed by atoms with van der Waals surface area (Å²) in [5.74, 6) is 0.841. The maximum atomic E-state index is 13.0. The lowest BCUT2D eigenvalue weighted by Crippen LogP contribution is -2.35. The van der Waals surface area contributed by atoms with Crippen molar-refractivity contribution < 1.29 is 12.9 Å². The molecule has 2 fully saturated rings. The van der Waals surface area contributed by atoms with E-state index in [0.29, 0.717) is 30.4 Å². The minimum atomic E-state index is -3.51. The number of hydrogen-bond acceptors (Lipinski definition) is 6. The predicted octanol–water partition coefficient (Wildman–Crippen LogP) is 2.95.